The maximum absolute atomic E-state index is 13.7. The molecule has 0 unspecified atom stereocenters. The molecular weight excluding hydrogens is 510 g/mol. The standard InChI is InChI=1S/C32H38ClN3O3/c1-25-9-3-4-10-27(25)21-31(37)35-19-7-17-34(22-26-13-15-29(33)16-14-26)18-8-20-36(32(38)24-39-2)30-12-6-5-11-28(30)23-35/h3-6,9-16H,7-8,17-24H2,1-2H3. The van der Waals surface area contributed by atoms with E-state index in [0.29, 0.717) is 26.1 Å². The molecular formula is C32H38ClN3O3. The van der Waals surface area contributed by atoms with E-state index in [2.05, 4.69) is 17.0 Å². The third-order valence-corrected chi connectivity index (χ3v) is 7.50. The minimum absolute atomic E-state index is 0.0127. The fraction of sp³-hybridized carbons (Fsp3) is 0.375. The van der Waals surface area contributed by atoms with Gasteiger partial charge in [0.15, 0.2) is 0 Å². The first kappa shape index (κ1) is 28.8. The summed E-state index contributed by atoms with van der Waals surface area (Å²) in [7, 11) is 1.54. The maximum atomic E-state index is 13.7. The Kier molecular flexibility index (Phi) is 10.5. The largest absolute Gasteiger partial charge is 0.375 e. The number of benzene rings is 3. The highest BCUT2D eigenvalue weighted by Crippen LogP contribution is 2.25. The van der Waals surface area contributed by atoms with E-state index in [9.17, 15) is 9.59 Å². The van der Waals surface area contributed by atoms with E-state index in [1.54, 1.807) is 7.11 Å². The SMILES string of the molecule is COCC(=O)N1CCCN(Cc2ccc(Cl)cc2)CCCN(C(=O)Cc2ccccc2C)Cc2ccccc21. The van der Waals surface area contributed by atoms with Crippen molar-refractivity contribution in [3.05, 3.63) is 100 Å². The van der Waals surface area contributed by atoms with E-state index >= 15 is 0 Å². The number of methoxy groups -OCH3 is 1. The average Bonchev–Trinajstić information content (AvgIpc) is 2.92. The third-order valence-electron chi connectivity index (χ3n) is 7.25. The zero-order valence-corrected chi connectivity index (χ0v) is 23.7. The summed E-state index contributed by atoms with van der Waals surface area (Å²) in [6, 6.07) is 23.9. The number of nitrogens with zero attached hydrogens (tertiary/aromatic N) is 3. The Bertz CT molecular complexity index is 1250. The Morgan fingerprint density at radius 1 is 0.846 bits per heavy atom. The first-order valence-electron chi connectivity index (χ1n) is 13.6. The minimum Gasteiger partial charge on any atom is -0.375 e. The molecule has 1 aliphatic heterocycles. The molecule has 0 fully saturated rings. The van der Waals surface area contributed by atoms with E-state index in [1.165, 1.54) is 5.56 Å². The van der Waals surface area contributed by atoms with Crippen molar-refractivity contribution in [2.45, 2.75) is 39.3 Å². The number of hydrogen-bond donors (Lipinski definition) is 0. The Hall–Kier alpha value is -3.19. The smallest absolute Gasteiger partial charge is 0.252 e. The molecule has 3 aromatic carbocycles. The van der Waals surface area contributed by atoms with Crippen LogP contribution >= 0.6 is 11.6 Å². The Balaban J connectivity index is 1.61. The van der Waals surface area contributed by atoms with Crippen molar-refractivity contribution >= 4 is 29.1 Å². The lowest BCUT2D eigenvalue weighted by Crippen LogP contribution is -2.40. The topological polar surface area (TPSA) is 53.1 Å². The molecule has 0 saturated carbocycles. The van der Waals surface area contributed by atoms with E-state index in [1.807, 2.05) is 77.4 Å². The summed E-state index contributed by atoms with van der Waals surface area (Å²) in [5.74, 6) is 0.0132. The molecule has 0 aliphatic carbocycles. The van der Waals surface area contributed by atoms with Gasteiger partial charge in [-0.2, -0.15) is 0 Å². The first-order valence-corrected chi connectivity index (χ1v) is 14.0. The van der Waals surface area contributed by atoms with Gasteiger partial charge in [0.1, 0.15) is 6.61 Å². The fourth-order valence-electron chi connectivity index (χ4n) is 5.13. The van der Waals surface area contributed by atoms with Crippen molar-refractivity contribution in [1.29, 1.82) is 0 Å². The molecule has 0 spiro atoms. The van der Waals surface area contributed by atoms with Gasteiger partial charge in [0.2, 0.25) is 5.91 Å². The van der Waals surface area contributed by atoms with Crippen LogP contribution in [0, 0.1) is 6.92 Å². The van der Waals surface area contributed by atoms with Gasteiger partial charge in [0.25, 0.3) is 5.91 Å². The van der Waals surface area contributed by atoms with Gasteiger partial charge in [-0.25, -0.2) is 0 Å². The normalized spacial score (nSPS) is 15.3. The van der Waals surface area contributed by atoms with Crippen molar-refractivity contribution < 1.29 is 14.3 Å². The van der Waals surface area contributed by atoms with Crippen LogP contribution < -0.4 is 4.90 Å². The molecule has 4 rings (SSSR count). The van der Waals surface area contributed by atoms with Crippen molar-refractivity contribution in [3.8, 4) is 0 Å². The van der Waals surface area contributed by atoms with Crippen LogP contribution in [0.25, 0.3) is 0 Å². The van der Waals surface area contributed by atoms with Crippen LogP contribution in [0.1, 0.15) is 35.1 Å². The molecule has 39 heavy (non-hydrogen) atoms. The van der Waals surface area contributed by atoms with E-state index in [-0.39, 0.29) is 18.4 Å². The predicted molar refractivity (Wildman–Crippen MR) is 157 cm³/mol. The molecule has 7 heteroatoms. The molecule has 206 valence electrons. The van der Waals surface area contributed by atoms with Gasteiger partial charge in [-0.15, -0.1) is 0 Å². The zero-order valence-electron chi connectivity index (χ0n) is 22.9. The molecule has 0 saturated heterocycles. The number of para-hydroxylation sites is 1. The lowest BCUT2D eigenvalue weighted by atomic mass is 10.0. The summed E-state index contributed by atoms with van der Waals surface area (Å²) in [4.78, 5) is 33.0. The predicted octanol–water partition coefficient (Wildman–Crippen LogP) is 5.50. The van der Waals surface area contributed by atoms with Crippen molar-refractivity contribution in [2.75, 3.05) is 44.8 Å². The van der Waals surface area contributed by atoms with Gasteiger partial charge in [0, 0.05) is 57.1 Å². The lowest BCUT2D eigenvalue weighted by molar-refractivity contribution is -0.131. The van der Waals surface area contributed by atoms with Crippen molar-refractivity contribution in [1.82, 2.24) is 9.80 Å². The highest BCUT2D eigenvalue weighted by Gasteiger charge is 2.23. The van der Waals surface area contributed by atoms with Gasteiger partial charge < -0.3 is 14.5 Å². The second kappa shape index (κ2) is 14.3. The second-order valence-electron chi connectivity index (χ2n) is 10.1. The Morgan fingerprint density at radius 2 is 1.54 bits per heavy atom. The number of carbonyl (C=O) groups is 2. The van der Waals surface area contributed by atoms with E-state index in [0.717, 1.165) is 59.9 Å². The average molecular weight is 548 g/mol. The number of rotatable bonds is 6. The summed E-state index contributed by atoms with van der Waals surface area (Å²) >= 11 is 6.10. The summed E-state index contributed by atoms with van der Waals surface area (Å²) in [6.45, 7) is 6.20. The summed E-state index contributed by atoms with van der Waals surface area (Å²) < 4.78 is 5.21. The summed E-state index contributed by atoms with van der Waals surface area (Å²) in [6.07, 6.45) is 2.05. The number of amides is 2. The van der Waals surface area contributed by atoms with Crippen LogP contribution in [-0.4, -0.2) is 61.5 Å². The molecule has 2 amide bonds. The molecule has 0 atom stereocenters. The molecule has 1 heterocycles. The molecule has 6 nitrogen and oxygen atoms in total. The maximum Gasteiger partial charge on any atom is 0.252 e. The number of fused-ring (bicyclic) bond motifs is 1. The third kappa shape index (κ3) is 8.15. The summed E-state index contributed by atoms with van der Waals surface area (Å²) in [5, 5.41) is 0.723. The second-order valence-corrected chi connectivity index (χ2v) is 10.6. The number of carbonyl (C=O) groups excluding carboxylic acids is 2. The highest BCUT2D eigenvalue weighted by atomic mass is 35.5. The number of hydrogen-bond acceptors (Lipinski definition) is 4. The number of anilines is 1. The fourth-order valence-corrected chi connectivity index (χ4v) is 5.25. The van der Waals surface area contributed by atoms with Crippen LogP contribution in [-0.2, 0) is 33.8 Å². The van der Waals surface area contributed by atoms with Crippen LogP contribution in [0.15, 0.2) is 72.8 Å². The molecule has 0 bridgehead atoms. The van der Waals surface area contributed by atoms with Gasteiger partial charge in [-0.3, -0.25) is 14.5 Å². The van der Waals surface area contributed by atoms with Gasteiger partial charge in [0.05, 0.1) is 6.42 Å². The Labute approximate surface area is 237 Å². The zero-order chi connectivity index (χ0) is 27.6. The van der Waals surface area contributed by atoms with Gasteiger partial charge >= 0.3 is 0 Å². The summed E-state index contributed by atoms with van der Waals surface area (Å²) in [5.41, 5.74) is 5.17. The van der Waals surface area contributed by atoms with E-state index < -0.39 is 0 Å². The monoisotopic (exact) mass is 547 g/mol. The molecule has 0 N–H and O–H groups in total. The number of aryl methyl sites for hydroxylation is 1. The molecule has 3 aromatic rings. The van der Waals surface area contributed by atoms with Crippen LogP contribution in [0.2, 0.25) is 5.02 Å². The molecule has 0 radical (unpaired) electrons. The quantitative estimate of drug-likeness (QED) is 0.409. The van der Waals surface area contributed by atoms with Crippen LogP contribution in [0.5, 0.6) is 0 Å². The number of ether oxygens (including phenoxy) is 1. The van der Waals surface area contributed by atoms with Crippen molar-refractivity contribution in [2.24, 2.45) is 0 Å². The number of halogens is 1. The molecule has 1 aliphatic rings. The minimum atomic E-state index is -0.0796. The van der Waals surface area contributed by atoms with Gasteiger partial charge in [-0.05, 0) is 60.2 Å². The lowest BCUT2D eigenvalue weighted by Gasteiger charge is -2.32. The van der Waals surface area contributed by atoms with Gasteiger partial charge in [-0.1, -0.05) is 66.2 Å². The van der Waals surface area contributed by atoms with Crippen LogP contribution in [0.4, 0.5) is 5.69 Å². The molecule has 0 aromatic heterocycles. The van der Waals surface area contributed by atoms with Crippen molar-refractivity contribution in [3.63, 3.8) is 0 Å². The first-order chi connectivity index (χ1) is 18.9. The van der Waals surface area contributed by atoms with E-state index in [4.69, 9.17) is 16.3 Å². The Morgan fingerprint density at radius 3 is 2.28 bits per heavy atom. The highest BCUT2D eigenvalue weighted by molar-refractivity contribution is 6.30. The van der Waals surface area contributed by atoms with Crippen LogP contribution in [0.3, 0.4) is 0 Å².